The van der Waals surface area contributed by atoms with Crippen molar-refractivity contribution in [2.75, 3.05) is 32.7 Å². The van der Waals surface area contributed by atoms with Crippen LogP contribution in [0, 0.1) is 0 Å². The van der Waals surface area contributed by atoms with Gasteiger partial charge in [0.25, 0.3) is 0 Å². The lowest BCUT2D eigenvalue weighted by Crippen LogP contribution is -2.55. The largest absolute Gasteiger partial charge is 0.310 e. The quantitative estimate of drug-likeness (QED) is 0.760. The average Bonchev–Trinajstić information content (AvgIpc) is 2.59. The van der Waals surface area contributed by atoms with Gasteiger partial charge in [-0.25, -0.2) is 0 Å². The summed E-state index contributed by atoms with van der Waals surface area (Å²) in [5.74, 6) is 0. The molecule has 0 amide bonds. The molecule has 16 heavy (non-hydrogen) atoms. The molecular formula is C13H27N3. The normalized spacial score (nSPS) is 36.8. The second-order valence-corrected chi connectivity index (χ2v) is 6.10. The van der Waals surface area contributed by atoms with Crippen LogP contribution in [-0.4, -0.2) is 60.1 Å². The number of hydrogen-bond donors (Lipinski definition) is 1. The van der Waals surface area contributed by atoms with Gasteiger partial charge in [0.15, 0.2) is 0 Å². The van der Waals surface area contributed by atoms with Gasteiger partial charge in [0.05, 0.1) is 0 Å². The highest BCUT2D eigenvalue weighted by Gasteiger charge is 2.36. The number of rotatable bonds is 2. The van der Waals surface area contributed by atoms with Crippen LogP contribution in [0.15, 0.2) is 0 Å². The maximum absolute atomic E-state index is 3.63. The highest BCUT2D eigenvalue weighted by atomic mass is 15.3. The Labute approximate surface area is 100 Å². The van der Waals surface area contributed by atoms with Gasteiger partial charge in [-0.1, -0.05) is 6.92 Å². The first-order valence-electron chi connectivity index (χ1n) is 6.75. The lowest BCUT2D eigenvalue weighted by molar-refractivity contribution is 0.0625. The van der Waals surface area contributed by atoms with Crippen molar-refractivity contribution in [3.05, 3.63) is 0 Å². The Morgan fingerprint density at radius 2 is 2.06 bits per heavy atom. The molecule has 2 aliphatic heterocycles. The van der Waals surface area contributed by atoms with E-state index in [0.29, 0.717) is 5.54 Å². The van der Waals surface area contributed by atoms with Gasteiger partial charge < -0.3 is 5.32 Å². The first kappa shape index (κ1) is 12.3. The van der Waals surface area contributed by atoms with Crippen molar-refractivity contribution in [3.63, 3.8) is 0 Å². The molecule has 2 fully saturated rings. The van der Waals surface area contributed by atoms with Crippen LogP contribution < -0.4 is 5.32 Å². The lowest BCUT2D eigenvalue weighted by atomic mass is 9.99. The summed E-state index contributed by atoms with van der Waals surface area (Å²) in [5.41, 5.74) is 0.343. The predicted octanol–water partition coefficient (Wildman–Crippen LogP) is 1.15. The van der Waals surface area contributed by atoms with E-state index in [2.05, 4.69) is 42.8 Å². The maximum atomic E-state index is 3.63. The molecule has 3 heteroatoms. The van der Waals surface area contributed by atoms with Gasteiger partial charge in [-0.05, 0) is 33.7 Å². The van der Waals surface area contributed by atoms with Crippen molar-refractivity contribution in [1.29, 1.82) is 0 Å². The average molecular weight is 225 g/mol. The van der Waals surface area contributed by atoms with Crippen LogP contribution in [0.3, 0.4) is 0 Å². The van der Waals surface area contributed by atoms with Crippen LogP contribution in [0.4, 0.5) is 0 Å². The zero-order valence-electron chi connectivity index (χ0n) is 11.3. The summed E-state index contributed by atoms with van der Waals surface area (Å²) in [7, 11) is 0. The lowest BCUT2D eigenvalue weighted by Gasteiger charge is -2.42. The first-order chi connectivity index (χ1) is 7.52. The summed E-state index contributed by atoms with van der Waals surface area (Å²) in [6.07, 6.45) is 1.30. The van der Waals surface area contributed by atoms with Crippen molar-refractivity contribution < 1.29 is 0 Å². The molecule has 2 unspecified atom stereocenters. The van der Waals surface area contributed by atoms with E-state index < -0.39 is 0 Å². The Balaban J connectivity index is 1.88. The van der Waals surface area contributed by atoms with E-state index in [0.717, 1.165) is 12.1 Å². The number of nitrogens with one attached hydrogen (secondary N) is 1. The number of piperazine rings is 1. The Bertz CT molecular complexity index is 239. The molecule has 2 atom stereocenters. The summed E-state index contributed by atoms with van der Waals surface area (Å²) in [6, 6.07) is 1.49. The monoisotopic (exact) mass is 225 g/mol. The smallest absolute Gasteiger partial charge is 0.0239 e. The minimum atomic E-state index is 0.343. The minimum Gasteiger partial charge on any atom is -0.310 e. The third-order valence-corrected chi connectivity index (χ3v) is 4.28. The Kier molecular flexibility index (Phi) is 3.57. The van der Waals surface area contributed by atoms with Crippen molar-refractivity contribution in [3.8, 4) is 0 Å². The Hall–Kier alpha value is -0.120. The van der Waals surface area contributed by atoms with Crippen molar-refractivity contribution >= 4 is 0 Å². The van der Waals surface area contributed by atoms with Gasteiger partial charge in [-0.15, -0.1) is 0 Å². The summed E-state index contributed by atoms with van der Waals surface area (Å²) in [4.78, 5) is 5.28. The van der Waals surface area contributed by atoms with Gasteiger partial charge in [0.2, 0.25) is 0 Å². The van der Waals surface area contributed by atoms with Gasteiger partial charge in [0.1, 0.15) is 0 Å². The number of likely N-dealkylation sites (N-methyl/N-ethyl adjacent to an activating group) is 1. The highest BCUT2D eigenvalue weighted by molar-refractivity contribution is 4.96. The van der Waals surface area contributed by atoms with Crippen LogP contribution in [-0.2, 0) is 0 Å². The second-order valence-electron chi connectivity index (χ2n) is 6.10. The molecule has 2 heterocycles. The second kappa shape index (κ2) is 4.63. The van der Waals surface area contributed by atoms with Gasteiger partial charge in [-0.3, -0.25) is 9.80 Å². The van der Waals surface area contributed by atoms with E-state index in [9.17, 15) is 0 Å². The molecule has 0 aromatic rings. The summed E-state index contributed by atoms with van der Waals surface area (Å²) >= 11 is 0. The Morgan fingerprint density at radius 3 is 2.56 bits per heavy atom. The fourth-order valence-electron chi connectivity index (χ4n) is 3.21. The molecule has 94 valence electrons. The highest BCUT2D eigenvalue weighted by Crippen LogP contribution is 2.24. The molecule has 0 radical (unpaired) electrons. The summed E-state index contributed by atoms with van der Waals surface area (Å²) in [5, 5.41) is 3.63. The fourth-order valence-corrected chi connectivity index (χ4v) is 3.21. The van der Waals surface area contributed by atoms with Gasteiger partial charge >= 0.3 is 0 Å². The van der Waals surface area contributed by atoms with Crippen molar-refractivity contribution in [2.24, 2.45) is 0 Å². The summed E-state index contributed by atoms with van der Waals surface area (Å²) in [6.45, 7) is 15.4. The molecule has 0 aromatic heterocycles. The standard InChI is InChI=1S/C13H27N3/c1-5-15-6-7-16(10-11(15)2)12-8-13(3,4)14-9-12/h11-12,14H,5-10H2,1-4H3. The number of nitrogens with zero attached hydrogens (tertiary/aromatic N) is 2. The molecule has 1 N–H and O–H groups in total. The van der Waals surface area contributed by atoms with E-state index in [1.54, 1.807) is 0 Å². The van der Waals surface area contributed by atoms with Crippen LogP contribution >= 0.6 is 0 Å². The molecule has 3 nitrogen and oxygen atoms in total. The van der Waals surface area contributed by atoms with E-state index in [4.69, 9.17) is 0 Å². The molecule has 2 rings (SSSR count). The SMILES string of the molecule is CCN1CCN(C2CNC(C)(C)C2)CC1C. The fraction of sp³-hybridized carbons (Fsp3) is 1.00. The molecule has 0 aromatic carbocycles. The molecule has 0 aliphatic carbocycles. The van der Waals surface area contributed by atoms with Crippen LogP contribution in [0.5, 0.6) is 0 Å². The molecule has 0 bridgehead atoms. The van der Waals surface area contributed by atoms with Crippen molar-refractivity contribution in [2.45, 2.75) is 51.7 Å². The zero-order chi connectivity index (χ0) is 11.8. The van der Waals surface area contributed by atoms with E-state index in [1.165, 1.54) is 39.1 Å². The molecule has 2 saturated heterocycles. The maximum Gasteiger partial charge on any atom is 0.0239 e. The number of hydrogen-bond acceptors (Lipinski definition) is 3. The predicted molar refractivity (Wildman–Crippen MR) is 68.8 cm³/mol. The third kappa shape index (κ3) is 2.58. The molecular weight excluding hydrogens is 198 g/mol. The van der Waals surface area contributed by atoms with E-state index in [-0.39, 0.29) is 0 Å². The van der Waals surface area contributed by atoms with Gasteiger partial charge in [0, 0.05) is 43.8 Å². The van der Waals surface area contributed by atoms with Crippen LogP contribution in [0.25, 0.3) is 0 Å². The van der Waals surface area contributed by atoms with Gasteiger partial charge in [-0.2, -0.15) is 0 Å². The molecule has 0 spiro atoms. The van der Waals surface area contributed by atoms with E-state index in [1.807, 2.05) is 0 Å². The topological polar surface area (TPSA) is 18.5 Å². The molecule has 0 saturated carbocycles. The van der Waals surface area contributed by atoms with Crippen molar-refractivity contribution in [1.82, 2.24) is 15.1 Å². The zero-order valence-corrected chi connectivity index (χ0v) is 11.3. The third-order valence-electron chi connectivity index (χ3n) is 4.28. The van der Waals surface area contributed by atoms with E-state index >= 15 is 0 Å². The first-order valence-corrected chi connectivity index (χ1v) is 6.75. The molecule has 2 aliphatic rings. The Morgan fingerprint density at radius 1 is 1.31 bits per heavy atom. The van der Waals surface area contributed by atoms with Crippen LogP contribution in [0.2, 0.25) is 0 Å². The summed E-state index contributed by atoms with van der Waals surface area (Å²) < 4.78 is 0. The minimum absolute atomic E-state index is 0.343. The van der Waals surface area contributed by atoms with Crippen LogP contribution in [0.1, 0.15) is 34.1 Å².